The number of fused-ring (bicyclic) bond motifs is 7. The van der Waals surface area contributed by atoms with E-state index in [4.69, 9.17) is 8.83 Å². The van der Waals surface area contributed by atoms with Gasteiger partial charge in [0.1, 0.15) is 22.3 Å². The van der Waals surface area contributed by atoms with E-state index in [1.807, 2.05) is 24.3 Å². The van der Waals surface area contributed by atoms with Crippen molar-refractivity contribution in [1.82, 2.24) is 0 Å². The molecule has 0 aliphatic rings. The van der Waals surface area contributed by atoms with E-state index in [1.54, 1.807) is 0 Å². The first-order valence-electron chi connectivity index (χ1n) is 20.7. The highest BCUT2D eigenvalue weighted by atomic mass is 16.3. The van der Waals surface area contributed by atoms with Crippen LogP contribution in [0.4, 0.5) is 17.1 Å². The van der Waals surface area contributed by atoms with E-state index in [9.17, 15) is 0 Å². The first-order valence-corrected chi connectivity index (χ1v) is 20.7. The Morgan fingerprint density at radius 3 is 1.43 bits per heavy atom. The number of para-hydroxylation sites is 3. The Labute approximate surface area is 353 Å². The Balaban J connectivity index is 0.931. The predicted molar refractivity (Wildman–Crippen MR) is 255 cm³/mol. The van der Waals surface area contributed by atoms with Gasteiger partial charge in [-0.15, -0.1) is 0 Å². The molecule has 0 bridgehead atoms. The maximum absolute atomic E-state index is 6.26. The average Bonchev–Trinajstić information content (AvgIpc) is 3.90. The molecule has 61 heavy (non-hydrogen) atoms. The van der Waals surface area contributed by atoms with Gasteiger partial charge < -0.3 is 13.7 Å². The maximum atomic E-state index is 6.26. The molecule has 0 saturated carbocycles. The van der Waals surface area contributed by atoms with Crippen molar-refractivity contribution in [3.8, 4) is 44.5 Å². The second-order valence-corrected chi connectivity index (χ2v) is 15.7. The Kier molecular flexibility index (Phi) is 8.17. The van der Waals surface area contributed by atoms with Gasteiger partial charge in [-0.2, -0.15) is 0 Å². The smallest absolute Gasteiger partial charge is 0.136 e. The van der Waals surface area contributed by atoms with Gasteiger partial charge in [-0.3, -0.25) is 0 Å². The lowest BCUT2D eigenvalue weighted by Gasteiger charge is -2.28. The van der Waals surface area contributed by atoms with Crippen LogP contribution < -0.4 is 4.90 Å². The fourth-order valence-electron chi connectivity index (χ4n) is 8.97. The van der Waals surface area contributed by atoms with Gasteiger partial charge in [0.05, 0.1) is 5.69 Å². The minimum Gasteiger partial charge on any atom is -0.456 e. The first kappa shape index (κ1) is 34.9. The minimum absolute atomic E-state index is 0.886. The first-order chi connectivity index (χ1) is 30.2. The molecule has 2 heterocycles. The van der Waals surface area contributed by atoms with Gasteiger partial charge in [0.25, 0.3) is 0 Å². The van der Waals surface area contributed by atoms with Crippen LogP contribution in [0.15, 0.2) is 233 Å². The topological polar surface area (TPSA) is 29.5 Å². The van der Waals surface area contributed by atoms with Crippen molar-refractivity contribution in [3.05, 3.63) is 224 Å². The second kappa shape index (κ2) is 14.3. The minimum atomic E-state index is 0.886. The molecule has 0 amide bonds. The van der Waals surface area contributed by atoms with Crippen molar-refractivity contribution >= 4 is 71.7 Å². The molecule has 12 aromatic rings. The molecule has 0 N–H and O–H groups in total. The van der Waals surface area contributed by atoms with Gasteiger partial charge in [0.2, 0.25) is 0 Å². The molecule has 0 spiro atoms. The third-order valence-corrected chi connectivity index (χ3v) is 12.1. The number of anilines is 3. The van der Waals surface area contributed by atoms with Gasteiger partial charge in [-0.05, 0) is 123 Å². The van der Waals surface area contributed by atoms with E-state index in [1.165, 1.54) is 27.5 Å². The SMILES string of the molecule is c1ccc(N(c2ccc(-c3ccc(-c4ccc5ccccc5c4)cc3)cc2)c2ccc(-c3ccc4c(c3)oc3ccccc34)cc2)c(-c2ccc3oc4ccccc4c3c2)c1. The van der Waals surface area contributed by atoms with Gasteiger partial charge in [0.15, 0.2) is 0 Å². The van der Waals surface area contributed by atoms with Crippen LogP contribution in [0.1, 0.15) is 0 Å². The summed E-state index contributed by atoms with van der Waals surface area (Å²) in [6, 6.07) is 80.1. The van der Waals surface area contributed by atoms with Gasteiger partial charge in [-0.1, -0.05) is 152 Å². The summed E-state index contributed by atoms with van der Waals surface area (Å²) < 4.78 is 12.5. The Morgan fingerprint density at radius 1 is 0.262 bits per heavy atom. The summed E-state index contributed by atoms with van der Waals surface area (Å²) in [6.07, 6.45) is 0. The van der Waals surface area contributed by atoms with Crippen LogP contribution in [0, 0.1) is 0 Å². The molecule has 3 heteroatoms. The monoisotopic (exact) mass is 779 g/mol. The standard InChI is InChI=1S/C58H37NO2/c1-2-10-43-35-44(22-21-38(43)9-1)41-19-17-39(18-20-41)40-23-29-47(30-24-40)59(48-31-25-42(26-32-48)45-27-33-52-50-12-4-7-15-55(50)61-58(52)37-45)54-14-6-3-11-49(54)46-28-34-57-53(36-46)51-13-5-8-16-56(51)60-57/h1-37H. The molecule has 286 valence electrons. The Bertz CT molecular complexity index is 3580. The largest absolute Gasteiger partial charge is 0.456 e. The fraction of sp³-hybridized carbons (Fsp3) is 0. The molecule has 0 aliphatic carbocycles. The van der Waals surface area contributed by atoms with Crippen molar-refractivity contribution in [3.63, 3.8) is 0 Å². The summed E-state index contributed by atoms with van der Waals surface area (Å²) in [5.41, 5.74) is 16.0. The van der Waals surface area contributed by atoms with Crippen LogP contribution >= 0.6 is 0 Å². The van der Waals surface area contributed by atoms with Crippen LogP contribution in [0.3, 0.4) is 0 Å². The van der Waals surface area contributed by atoms with E-state index in [-0.39, 0.29) is 0 Å². The summed E-state index contributed by atoms with van der Waals surface area (Å²) in [6.45, 7) is 0. The highest BCUT2D eigenvalue weighted by Gasteiger charge is 2.19. The highest BCUT2D eigenvalue weighted by molar-refractivity contribution is 6.07. The molecule has 3 nitrogen and oxygen atoms in total. The Morgan fingerprint density at radius 2 is 0.721 bits per heavy atom. The molecule has 0 fully saturated rings. The second-order valence-electron chi connectivity index (χ2n) is 15.7. The van der Waals surface area contributed by atoms with Crippen molar-refractivity contribution < 1.29 is 8.83 Å². The van der Waals surface area contributed by atoms with Crippen molar-refractivity contribution in [2.45, 2.75) is 0 Å². The fourth-order valence-corrected chi connectivity index (χ4v) is 8.97. The van der Waals surface area contributed by atoms with Crippen molar-refractivity contribution in [2.24, 2.45) is 0 Å². The molecular formula is C58H37NO2. The van der Waals surface area contributed by atoms with Crippen LogP contribution in [0.25, 0.3) is 99.2 Å². The van der Waals surface area contributed by atoms with Gasteiger partial charge in [0, 0.05) is 38.5 Å². The molecular weight excluding hydrogens is 743 g/mol. The average molecular weight is 780 g/mol. The van der Waals surface area contributed by atoms with Crippen LogP contribution in [-0.2, 0) is 0 Å². The third kappa shape index (κ3) is 6.14. The van der Waals surface area contributed by atoms with Crippen LogP contribution in [0.2, 0.25) is 0 Å². The number of hydrogen-bond acceptors (Lipinski definition) is 3. The zero-order valence-electron chi connectivity index (χ0n) is 33.1. The van der Waals surface area contributed by atoms with E-state index >= 15 is 0 Å². The molecule has 0 aliphatic heterocycles. The van der Waals surface area contributed by atoms with E-state index in [2.05, 4.69) is 205 Å². The van der Waals surface area contributed by atoms with Crippen molar-refractivity contribution in [2.75, 3.05) is 4.90 Å². The normalized spacial score (nSPS) is 11.6. The molecule has 0 saturated heterocycles. The Hall–Kier alpha value is -8.14. The number of rotatable bonds is 7. The molecule has 0 radical (unpaired) electrons. The molecule has 2 aromatic heterocycles. The summed E-state index contributed by atoms with van der Waals surface area (Å²) >= 11 is 0. The number of hydrogen-bond donors (Lipinski definition) is 0. The number of benzene rings is 10. The molecule has 0 unspecified atom stereocenters. The summed E-state index contributed by atoms with van der Waals surface area (Å²) in [4.78, 5) is 2.37. The summed E-state index contributed by atoms with van der Waals surface area (Å²) in [5.74, 6) is 0. The maximum Gasteiger partial charge on any atom is 0.136 e. The zero-order chi connectivity index (χ0) is 40.3. The predicted octanol–water partition coefficient (Wildman–Crippen LogP) is 16.8. The molecule has 10 aromatic carbocycles. The lowest BCUT2D eigenvalue weighted by Crippen LogP contribution is -2.11. The number of nitrogens with zero attached hydrogens (tertiary/aromatic N) is 1. The van der Waals surface area contributed by atoms with E-state index in [0.29, 0.717) is 0 Å². The van der Waals surface area contributed by atoms with Gasteiger partial charge >= 0.3 is 0 Å². The third-order valence-electron chi connectivity index (χ3n) is 12.1. The quantitative estimate of drug-likeness (QED) is 0.161. The zero-order valence-corrected chi connectivity index (χ0v) is 33.1. The lowest BCUT2D eigenvalue weighted by molar-refractivity contribution is 0.668. The van der Waals surface area contributed by atoms with E-state index < -0.39 is 0 Å². The number of furan rings is 2. The summed E-state index contributed by atoms with van der Waals surface area (Å²) in [7, 11) is 0. The highest BCUT2D eigenvalue weighted by Crippen LogP contribution is 2.43. The molecule has 12 rings (SSSR count). The summed E-state index contributed by atoms with van der Waals surface area (Å²) in [5, 5.41) is 6.99. The van der Waals surface area contributed by atoms with Gasteiger partial charge in [-0.25, -0.2) is 0 Å². The molecule has 0 atom stereocenters. The van der Waals surface area contributed by atoms with Crippen molar-refractivity contribution in [1.29, 1.82) is 0 Å². The van der Waals surface area contributed by atoms with Crippen LogP contribution in [0.5, 0.6) is 0 Å². The van der Waals surface area contributed by atoms with Crippen LogP contribution in [-0.4, -0.2) is 0 Å². The lowest BCUT2D eigenvalue weighted by atomic mass is 9.97. The van der Waals surface area contributed by atoms with E-state index in [0.717, 1.165) is 88.8 Å².